The number of pyridine rings is 1. The molecule has 126 valence electrons. The molecule has 0 saturated carbocycles. The van der Waals surface area contributed by atoms with Crippen LogP contribution < -0.4 is 0 Å². The normalized spacial score (nSPS) is 12.0. The quantitative estimate of drug-likeness (QED) is 0.695. The molecule has 3 aromatic rings. The zero-order valence-corrected chi connectivity index (χ0v) is 14.4. The van der Waals surface area contributed by atoms with Crippen molar-refractivity contribution >= 4 is 10.0 Å². The monoisotopic (exact) mass is 347 g/mol. The Bertz CT molecular complexity index is 959. The molecule has 0 unspecified atom stereocenters. The molecule has 3 heterocycles. The Balaban J connectivity index is 1.81. The number of sulfonamides is 1. The van der Waals surface area contributed by atoms with E-state index in [1.165, 1.54) is 20.2 Å². The average Bonchev–Trinajstić information content (AvgIpc) is 3.18. The fourth-order valence-corrected chi connectivity index (χ4v) is 2.97. The number of aryl methyl sites for hydroxylation is 1. The van der Waals surface area contributed by atoms with Gasteiger partial charge >= 0.3 is 0 Å². The summed E-state index contributed by atoms with van der Waals surface area (Å²) in [6.07, 6.45) is 3.45. The van der Waals surface area contributed by atoms with E-state index in [9.17, 15) is 8.42 Å². The fourth-order valence-electron chi connectivity index (χ4n) is 2.16. The lowest BCUT2D eigenvalue weighted by molar-refractivity contribution is 0.386. The molecule has 3 rings (SSSR count). The van der Waals surface area contributed by atoms with E-state index in [4.69, 9.17) is 4.42 Å². The highest BCUT2D eigenvalue weighted by molar-refractivity contribution is 7.88. The Morgan fingerprint density at radius 3 is 2.75 bits per heavy atom. The van der Waals surface area contributed by atoms with Crippen molar-refractivity contribution in [2.45, 2.75) is 18.6 Å². The van der Waals surface area contributed by atoms with Crippen LogP contribution in [0.3, 0.4) is 0 Å². The molecule has 0 radical (unpaired) electrons. The van der Waals surface area contributed by atoms with Gasteiger partial charge < -0.3 is 4.42 Å². The summed E-state index contributed by atoms with van der Waals surface area (Å²) >= 11 is 0. The summed E-state index contributed by atoms with van der Waals surface area (Å²) in [6.45, 7) is 2.23. The minimum atomic E-state index is -3.58. The first kappa shape index (κ1) is 16.3. The molecule has 8 nitrogen and oxygen atoms in total. The molecule has 0 aliphatic heterocycles. The maximum Gasteiger partial charge on any atom is 0.275 e. The third-order valence-corrected chi connectivity index (χ3v) is 5.17. The summed E-state index contributed by atoms with van der Waals surface area (Å²) < 4.78 is 32.1. The minimum absolute atomic E-state index is 0.0941. The van der Waals surface area contributed by atoms with Crippen molar-refractivity contribution in [1.29, 1.82) is 0 Å². The fraction of sp³-hybridized carbons (Fsp3) is 0.267. The molecule has 0 saturated heterocycles. The number of rotatable bonds is 5. The lowest BCUT2D eigenvalue weighted by Crippen LogP contribution is -2.21. The van der Waals surface area contributed by atoms with Crippen molar-refractivity contribution in [3.8, 4) is 11.4 Å². The highest BCUT2D eigenvalue weighted by atomic mass is 32.2. The van der Waals surface area contributed by atoms with Crippen molar-refractivity contribution in [3.63, 3.8) is 0 Å². The highest BCUT2D eigenvalue weighted by Crippen LogP contribution is 2.19. The van der Waals surface area contributed by atoms with Gasteiger partial charge in [0.2, 0.25) is 5.09 Å². The van der Waals surface area contributed by atoms with Gasteiger partial charge in [-0.05, 0) is 30.7 Å². The van der Waals surface area contributed by atoms with Gasteiger partial charge in [-0.2, -0.15) is 0 Å². The van der Waals surface area contributed by atoms with Gasteiger partial charge in [0, 0.05) is 20.3 Å². The number of nitrogens with zero attached hydrogens (tertiary/aromatic N) is 5. The van der Waals surface area contributed by atoms with Gasteiger partial charge in [0.05, 0.1) is 11.9 Å². The number of furan rings is 1. The number of hydrogen-bond acceptors (Lipinski definition) is 6. The van der Waals surface area contributed by atoms with Gasteiger partial charge in [-0.3, -0.25) is 4.98 Å². The van der Waals surface area contributed by atoms with Crippen LogP contribution in [0.4, 0.5) is 0 Å². The Hall–Kier alpha value is -2.52. The van der Waals surface area contributed by atoms with E-state index in [0.29, 0.717) is 11.5 Å². The molecule has 0 amide bonds. The molecule has 9 heteroatoms. The van der Waals surface area contributed by atoms with Crippen LogP contribution in [-0.2, 0) is 16.6 Å². The van der Waals surface area contributed by atoms with Crippen LogP contribution in [0, 0.1) is 6.92 Å². The summed E-state index contributed by atoms with van der Waals surface area (Å²) in [5.41, 5.74) is 2.42. The van der Waals surface area contributed by atoms with Crippen LogP contribution in [-0.4, -0.2) is 46.8 Å². The smallest absolute Gasteiger partial charge is 0.275 e. The average molecular weight is 347 g/mol. The van der Waals surface area contributed by atoms with Crippen molar-refractivity contribution in [1.82, 2.24) is 24.3 Å². The predicted molar refractivity (Wildman–Crippen MR) is 86.7 cm³/mol. The van der Waals surface area contributed by atoms with Crippen molar-refractivity contribution in [3.05, 3.63) is 48.0 Å². The Morgan fingerprint density at radius 2 is 2.04 bits per heavy atom. The number of aromatic nitrogens is 4. The van der Waals surface area contributed by atoms with Crippen molar-refractivity contribution in [2.75, 3.05) is 14.1 Å². The Kier molecular flexibility index (Phi) is 4.20. The van der Waals surface area contributed by atoms with Gasteiger partial charge in [0.15, 0.2) is 0 Å². The van der Waals surface area contributed by atoms with Crippen molar-refractivity contribution < 1.29 is 12.8 Å². The third kappa shape index (κ3) is 3.08. The van der Waals surface area contributed by atoms with Crippen LogP contribution >= 0.6 is 0 Å². The molecule has 0 aromatic carbocycles. The Labute approximate surface area is 139 Å². The van der Waals surface area contributed by atoms with E-state index in [2.05, 4.69) is 15.3 Å². The largest absolute Gasteiger partial charge is 0.446 e. The van der Waals surface area contributed by atoms with Crippen LogP contribution in [0.15, 0.2) is 46.2 Å². The van der Waals surface area contributed by atoms with Gasteiger partial charge in [0.1, 0.15) is 18.0 Å². The van der Waals surface area contributed by atoms with Gasteiger partial charge in [-0.15, -0.1) is 5.10 Å². The molecule has 3 aromatic heterocycles. The molecule has 0 N–H and O–H groups in total. The standard InChI is InChI=1S/C15H17N5O3S/c1-11-5-4-8-16-15(11)13-10-20(18-17-13)9-12-6-7-14(23-12)24(21,22)19(2)3/h4-8,10H,9H2,1-3H3. The van der Waals surface area contributed by atoms with E-state index in [1.807, 2.05) is 19.1 Å². The molecule has 0 spiro atoms. The van der Waals surface area contributed by atoms with E-state index in [0.717, 1.165) is 15.6 Å². The third-order valence-electron chi connectivity index (χ3n) is 3.48. The van der Waals surface area contributed by atoms with Crippen LogP contribution in [0.1, 0.15) is 11.3 Å². The molecule has 0 bridgehead atoms. The first-order chi connectivity index (χ1) is 11.4. The first-order valence-corrected chi connectivity index (χ1v) is 8.65. The van der Waals surface area contributed by atoms with E-state index < -0.39 is 10.0 Å². The van der Waals surface area contributed by atoms with Gasteiger partial charge in [0.25, 0.3) is 10.0 Å². The van der Waals surface area contributed by atoms with E-state index >= 15 is 0 Å². The first-order valence-electron chi connectivity index (χ1n) is 7.21. The van der Waals surface area contributed by atoms with E-state index in [-0.39, 0.29) is 11.6 Å². The van der Waals surface area contributed by atoms with E-state index in [1.54, 1.807) is 23.1 Å². The molecule has 0 atom stereocenters. The lowest BCUT2D eigenvalue weighted by Gasteiger charge is -2.07. The topological polar surface area (TPSA) is 94.1 Å². The Morgan fingerprint density at radius 1 is 1.25 bits per heavy atom. The summed E-state index contributed by atoms with van der Waals surface area (Å²) in [5.74, 6) is 0.476. The minimum Gasteiger partial charge on any atom is -0.446 e. The SMILES string of the molecule is Cc1cccnc1-c1cn(Cc2ccc(S(=O)(=O)N(C)C)o2)nn1. The summed E-state index contributed by atoms with van der Waals surface area (Å²) in [5, 5.41) is 8.06. The zero-order chi connectivity index (χ0) is 17.3. The maximum absolute atomic E-state index is 12.0. The second-order valence-electron chi connectivity index (χ2n) is 5.48. The summed E-state index contributed by atoms with van der Waals surface area (Å²) in [6, 6.07) is 6.86. The highest BCUT2D eigenvalue weighted by Gasteiger charge is 2.21. The second kappa shape index (κ2) is 6.17. The van der Waals surface area contributed by atoms with Crippen LogP contribution in [0.25, 0.3) is 11.4 Å². The van der Waals surface area contributed by atoms with Crippen molar-refractivity contribution in [2.24, 2.45) is 0 Å². The van der Waals surface area contributed by atoms with Crippen LogP contribution in [0.5, 0.6) is 0 Å². The second-order valence-corrected chi connectivity index (χ2v) is 7.56. The molecule has 24 heavy (non-hydrogen) atoms. The molecular weight excluding hydrogens is 330 g/mol. The van der Waals surface area contributed by atoms with Gasteiger partial charge in [-0.1, -0.05) is 11.3 Å². The van der Waals surface area contributed by atoms with Gasteiger partial charge in [-0.25, -0.2) is 17.4 Å². The zero-order valence-electron chi connectivity index (χ0n) is 13.5. The molecule has 0 aliphatic rings. The lowest BCUT2D eigenvalue weighted by atomic mass is 10.2. The molecule has 0 aliphatic carbocycles. The molecular formula is C15H17N5O3S. The number of hydrogen-bond donors (Lipinski definition) is 0. The predicted octanol–water partition coefficient (Wildman–Crippen LogP) is 1.54. The maximum atomic E-state index is 12.0. The summed E-state index contributed by atoms with van der Waals surface area (Å²) in [7, 11) is -0.671. The van der Waals surface area contributed by atoms with Crippen LogP contribution in [0.2, 0.25) is 0 Å². The summed E-state index contributed by atoms with van der Waals surface area (Å²) in [4.78, 5) is 4.30. The molecule has 0 fully saturated rings.